The summed E-state index contributed by atoms with van der Waals surface area (Å²) in [5, 5.41) is 4.63. The molecule has 0 unspecified atom stereocenters. The molecule has 1 aliphatic heterocycles. The van der Waals surface area contributed by atoms with E-state index in [2.05, 4.69) is 49.2 Å². The lowest BCUT2D eigenvalue weighted by Gasteiger charge is -2.09. The van der Waals surface area contributed by atoms with Crippen molar-refractivity contribution in [3.05, 3.63) is 67.3 Å². The smallest absolute Gasteiger partial charge is 0.326 e. The van der Waals surface area contributed by atoms with Crippen LogP contribution in [0.15, 0.2) is 52.6 Å². The van der Waals surface area contributed by atoms with E-state index in [0.717, 1.165) is 24.9 Å². The van der Waals surface area contributed by atoms with Gasteiger partial charge in [-0.15, -0.1) is 0 Å². The van der Waals surface area contributed by atoms with E-state index in [9.17, 15) is 9.59 Å². The Bertz CT molecular complexity index is 834. The second-order valence-electron chi connectivity index (χ2n) is 5.07. The highest BCUT2D eigenvalue weighted by Crippen LogP contribution is 2.24. The average molecular weight is 499 g/mol. The van der Waals surface area contributed by atoms with E-state index in [-0.39, 0.29) is 5.70 Å². The number of carbonyl (C=O) groups is 2. The Morgan fingerprint density at radius 3 is 2.46 bits per heavy atom. The Balaban J connectivity index is 1.70. The lowest BCUT2D eigenvalue weighted by molar-refractivity contribution is -0.115. The van der Waals surface area contributed by atoms with Gasteiger partial charge in [-0.05, 0) is 64.1 Å². The van der Waals surface area contributed by atoms with Crippen LogP contribution in [0.4, 0.5) is 4.79 Å². The molecule has 0 aromatic heterocycles. The summed E-state index contributed by atoms with van der Waals surface area (Å²) in [6.07, 6.45) is 1.63. The van der Waals surface area contributed by atoms with E-state index in [1.54, 1.807) is 6.08 Å². The quantitative estimate of drug-likeness (QED) is 0.382. The highest BCUT2D eigenvalue weighted by molar-refractivity contribution is 14.1. The van der Waals surface area contributed by atoms with Gasteiger partial charge in [0.25, 0.3) is 5.91 Å². The van der Waals surface area contributed by atoms with Crippen molar-refractivity contribution in [1.29, 1.82) is 0 Å². The van der Waals surface area contributed by atoms with Gasteiger partial charge < -0.3 is 10.1 Å². The van der Waals surface area contributed by atoms with Crippen LogP contribution in [0.2, 0.25) is 0 Å². The molecule has 1 saturated heterocycles. The number of imide groups is 1. The van der Waals surface area contributed by atoms with Crippen molar-refractivity contribution in [2.75, 3.05) is 0 Å². The number of benzene rings is 2. The lowest BCUT2D eigenvalue weighted by Crippen LogP contribution is -2.22. The Kier molecular flexibility index (Phi) is 5.20. The first-order valence-electron chi connectivity index (χ1n) is 7.02. The molecule has 0 spiro atoms. The molecule has 0 radical (unpaired) electrons. The molecular weight excluding hydrogens is 487 g/mol. The van der Waals surface area contributed by atoms with Gasteiger partial charge in [0.1, 0.15) is 18.1 Å². The summed E-state index contributed by atoms with van der Waals surface area (Å²) in [4.78, 5) is 22.6. The molecule has 24 heavy (non-hydrogen) atoms. The number of hydrogen-bond acceptors (Lipinski definition) is 3. The van der Waals surface area contributed by atoms with Gasteiger partial charge in [-0.25, -0.2) is 4.79 Å². The molecule has 3 rings (SSSR count). The maximum Gasteiger partial charge on any atom is 0.326 e. The number of halogens is 2. The first kappa shape index (κ1) is 17.0. The highest BCUT2D eigenvalue weighted by atomic mass is 127. The second-order valence-corrected chi connectivity index (χ2v) is 7.15. The zero-order valence-electron chi connectivity index (χ0n) is 12.3. The molecule has 1 aliphatic rings. The van der Waals surface area contributed by atoms with E-state index in [0.29, 0.717) is 6.61 Å². The molecule has 2 aromatic rings. The number of amides is 3. The SMILES string of the molecule is O=C1NC(=O)/C(=C/c2ccc(OCc3ccc(Br)cc3)c(I)c2)N1. The molecule has 0 atom stereocenters. The summed E-state index contributed by atoms with van der Waals surface area (Å²) in [6.45, 7) is 0.474. The number of nitrogens with one attached hydrogen (secondary N) is 2. The van der Waals surface area contributed by atoms with E-state index in [4.69, 9.17) is 4.74 Å². The van der Waals surface area contributed by atoms with Crippen LogP contribution in [-0.2, 0) is 11.4 Å². The fourth-order valence-corrected chi connectivity index (χ4v) is 3.07. The van der Waals surface area contributed by atoms with Crippen molar-refractivity contribution in [3.63, 3.8) is 0 Å². The Hall–Kier alpha value is -1.87. The summed E-state index contributed by atoms with van der Waals surface area (Å²) in [7, 11) is 0. The first-order chi connectivity index (χ1) is 11.5. The summed E-state index contributed by atoms with van der Waals surface area (Å²) < 4.78 is 7.78. The molecule has 5 nitrogen and oxygen atoms in total. The standard InChI is InChI=1S/C17H12BrIN2O3/c18-12-4-1-10(2-5-12)9-24-15-6-3-11(7-13(15)19)8-14-16(22)21-17(23)20-14/h1-8H,9H2,(H2,20,21,22,23)/b14-8-. The summed E-state index contributed by atoms with van der Waals surface area (Å²) in [5.74, 6) is 0.339. The van der Waals surface area contributed by atoms with Crippen molar-refractivity contribution >= 4 is 56.5 Å². The van der Waals surface area contributed by atoms with Crippen LogP contribution < -0.4 is 15.4 Å². The number of urea groups is 1. The number of hydrogen-bond donors (Lipinski definition) is 2. The van der Waals surface area contributed by atoms with Gasteiger partial charge in [-0.2, -0.15) is 0 Å². The lowest BCUT2D eigenvalue weighted by atomic mass is 10.2. The fourth-order valence-electron chi connectivity index (χ4n) is 2.11. The van der Waals surface area contributed by atoms with Crippen molar-refractivity contribution in [2.24, 2.45) is 0 Å². The molecular formula is C17H12BrIN2O3. The fraction of sp³-hybridized carbons (Fsp3) is 0.0588. The van der Waals surface area contributed by atoms with Gasteiger partial charge >= 0.3 is 6.03 Å². The van der Waals surface area contributed by atoms with Crippen molar-refractivity contribution in [3.8, 4) is 5.75 Å². The Labute approximate surface area is 160 Å². The molecule has 3 amide bonds. The van der Waals surface area contributed by atoms with Gasteiger partial charge in [-0.3, -0.25) is 10.1 Å². The average Bonchev–Trinajstić information content (AvgIpc) is 2.86. The van der Waals surface area contributed by atoms with Crippen LogP contribution in [0.1, 0.15) is 11.1 Å². The van der Waals surface area contributed by atoms with Gasteiger partial charge in [0.15, 0.2) is 0 Å². The van der Waals surface area contributed by atoms with E-state index in [1.165, 1.54) is 0 Å². The molecule has 7 heteroatoms. The predicted molar refractivity (Wildman–Crippen MR) is 102 cm³/mol. The molecule has 2 N–H and O–H groups in total. The van der Waals surface area contributed by atoms with Crippen molar-refractivity contribution in [2.45, 2.75) is 6.61 Å². The number of ether oxygens (including phenoxy) is 1. The molecule has 122 valence electrons. The van der Waals surface area contributed by atoms with E-state index < -0.39 is 11.9 Å². The zero-order chi connectivity index (χ0) is 17.1. The molecule has 0 saturated carbocycles. The van der Waals surface area contributed by atoms with Crippen LogP contribution in [0.5, 0.6) is 5.75 Å². The third-order valence-electron chi connectivity index (χ3n) is 3.29. The third kappa shape index (κ3) is 4.15. The van der Waals surface area contributed by atoms with E-state index >= 15 is 0 Å². The van der Waals surface area contributed by atoms with Gasteiger partial charge in [0.2, 0.25) is 0 Å². The molecule has 2 aromatic carbocycles. The normalized spacial score (nSPS) is 15.3. The minimum absolute atomic E-state index is 0.235. The zero-order valence-corrected chi connectivity index (χ0v) is 16.1. The summed E-state index contributed by atoms with van der Waals surface area (Å²) in [6, 6.07) is 13.0. The summed E-state index contributed by atoms with van der Waals surface area (Å²) >= 11 is 5.58. The topological polar surface area (TPSA) is 67.4 Å². The second kappa shape index (κ2) is 7.35. The minimum Gasteiger partial charge on any atom is -0.488 e. The maximum absolute atomic E-state index is 11.5. The Morgan fingerprint density at radius 2 is 1.83 bits per heavy atom. The largest absolute Gasteiger partial charge is 0.488 e. The van der Waals surface area contributed by atoms with Crippen LogP contribution in [0.25, 0.3) is 6.08 Å². The molecule has 1 heterocycles. The molecule has 0 bridgehead atoms. The molecule has 0 aliphatic carbocycles. The van der Waals surface area contributed by atoms with Gasteiger partial charge in [-0.1, -0.05) is 34.1 Å². The van der Waals surface area contributed by atoms with Crippen LogP contribution >= 0.6 is 38.5 Å². The van der Waals surface area contributed by atoms with Crippen molar-refractivity contribution < 1.29 is 14.3 Å². The number of rotatable bonds is 4. The predicted octanol–water partition coefficient (Wildman–Crippen LogP) is 3.81. The Morgan fingerprint density at radius 1 is 1.08 bits per heavy atom. The monoisotopic (exact) mass is 498 g/mol. The first-order valence-corrected chi connectivity index (χ1v) is 8.89. The third-order valence-corrected chi connectivity index (χ3v) is 4.67. The maximum atomic E-state index is 11.5. The number of carbonyl (C=O) groups excluding carboxylic acids is 2. The van der Waals surface area contributed by atoms with Crippen LogP contribution in [0, 0.1) is 3.57 Å². The summed E-state index contributed by atoms with van der Waals surface area (Å²) in [5.41, 5.74) is 2.12. The van der Waals surface area contributed by atoms with Crippen LogP contribution in [0.3, 0.4) is 0 Å². The highest BCUT2D eigenvalue weighted by Gasteiger charge is 2.22. The minimum atomic E-state index is -0.504. The van der Waals surface area contributed by atoms with E-state index in [1.807, 2.05) is 42.5 Å². The molecule has 1 fully saturated rings. The van der Waals surface area contributed by atoms with Crippen LogP contribution in [-0.4, -0.2) is 11.9 Å². The van der Waals surface area contributed by atoms with Gasteiger partial charge in [0, 0.05) is 4.47 Å². The van der Waals surface area contributed by atoms with Gasteiger partial charge in [0.05, 0.1) is 3.57 Å². The van der Waals surface area contributed by atoms with Crippen molar-refractivity contribution in [1.82, 2.24) is 10.6 Å².